The number of allylic oxidation sites excluding steroid dienone is 1. The predicted molar refractivity (Wildman–Crippen MR) is 130 cm³/mol. The summed E-state index contributed by atoms with van der Waals surface area (Å²) >= 11 is 12.8. The molecule has 0 unspecified atom stereocenters. The molecule has 2 amide bonds. The highest BCUT2D eigenvalue weighted by Gasteiger charge is 2.45. The summed E-state index contributed by atoms with van der Waals surface area (Å²) in [7, 11) is 2.62. The van der Waals surface area contributed by atoms with Crippen LogP contribution in [-0.2, 0) is 19.1 Å². The van der Waals surface area contributed by atoms with Gasteiger partial charge >= 0.3 is 5.97 Å². The van der Waals surface area contributed by atoms with Gasteiger partial charge in [0.25, 0.3) is 0 Å². The Morgan fingerprint density at radius 2 is 1.91 bits per heavy atom. The van der Waals surface area contributed by atoms with Gasteiger partial charge in [-0.2, -0.15) is 5.26 Å². The minimum atomic E-state index is -1.30. The average molecular weight is 520 g/mol. The molecule has 1 heterocycles. The van der Waals surface area contributed by atoms with E-state index in [9.17, 15) is 19.6 Å². The van der Waals surface area contributed by atoms with Crippen LogP contribution in [0.2, 0.25) is 10.0 Å². The minimum Gasteiger partial charge on any atom is -0.496 e. The first kappa shape index (κ1) is 25.4. The van der Waals surface area contributed by atoms with Crippen LogP contribution < -0.4 is 15.4 Å². The lowest BCUT2D eigenvalue weighted by Crippen LogP contribution is -2.44. The normalized spacial score (nSPS) is 17.4. The molecule has 34 heavy (non-hydrogen) atoms. The quantitative estimate of drug-likeness (QED) is 0.417. The number of amides is 2. The molecular weight excluding hydrogens is 501 g/mol. The van der Waals surface area contributed by atoms with Crippen LogP contribution in [0, 0.1) is 17.2 Å². The van der Waals surface area contributed by atoms with Crippen LogP contribution in [-0.4, -0.2) is 37.8 Å². The molecule has 0 aromatic heterocycles. The number of methoxy groups -OCH3 is 2. The van der Waals surface area contributed by atoms with E-state index in [1.54, 1.807) is 36.4 Å². The standard InChI is InChI=1S/C23H19Cl2N3O5S/c1-32-17-6-4-3-5-13(17)19-14(10-26)22(28-21(30)20(19)23(31)33-2)34-11-18(29)27-12-7-8-15(24)16(25)9-12/h3-9,19-20H,11H2,1-2H3,(H,27,29)(H,28,30)/t19-,20-/m0/s1. The summed E-state index contributed by atoms with van der Waals surface area (Å²) < 4.78 is 10.2. The summed E-state index contributed by atoms with van der Waals surface area (Å²) in [4.78, 5) is 37.9. The Kier molecular flexibility index (Phi) is 8.45. The summed E-state index contributed by atoms with van der Waals surface area (Å²) in [6.07, 6.45) is 0. The number of halogens is 2. The second kappa shape index (κ2) is 11.3. The number of nitriles is 1. The molecule has 8 nitrogen and oxygen atoms in total. The van der Waals surface area contributed by atoms with Crippen molar-refractivity contribution in [2.75, 3.05) is 25.3 Å². The van der Waals surface area contributed by atoms with Crippen molar-refractivity contribution >= 4 is 58.4 Å². The van der Waals surface area contributed by atoms with E-state index in [1.165, 1.54) is 20.3 Å². The van der Waals surface area contributed by atoms with E-state index in [0.29, 0.717) is 22.0 Å². The van der Waals surface area contributed by atoms with E-state index >= 15 is 0 Å². The van der Waals surface area contributed by atoms with E-state index in [2.05, 4.69) is 16.7 Å². The summed E-state index contributed by atoms with van der Waals surface area (Å²) in [5.41, 5.74) is 1.04. The number of carbonyl (C=O) groups excluding carboxylic acids is 3. The number of nitrogens with zero attached hydrogens (tertiary/aromatic N) is 1. The SMILES string of the molecule is COC(=O)[C@@H]1C(=O)NC(SCC(=O)Nc2ccc(Cl)c(Cl)c2)=C(C#N)[C@@H]1c1ccccc1OC. The molecule has 0 saturated carbocycles. The lowest BCUT2D eigenvalue weighted by atomic mass is 9.78. The third-order valence-corrected chi connectivity index (χ3v) is 6.76. The smallest absolute Gasteiger partial charge is 0.319 e. The zero-order valence-corrected chi connectivity index (χ0v) is 20.4. The Morgan fingerprint density at radius 3 is 2.56 bits per heavy atom. The highest BCUT2D eigenvalue weighted by molar-refractivity contribution is 8.03. The third-order valence-electron chi connectivity index (χ3n) is 5.01. The first-order valence-corrected chi connectivity index (χ1v) is 11.6. The largest absolute Gasteiger partial charge is 0.496 e. The van der Waals surface area contributed by atoms with Crippen molar-refractivity contribution in [1.29, 1.82) is 5.26 Å². The molecule has 0 bridgehead atoms. The van der Waals surface area contributed by atoms with Gasteiger partial charge in [0.15, 0.2) is 0 Å². The van der Waals surface area contributed by atoms with Crippen molar-refractivity contribution in [3.8, 4) is 11.8 Å². The van der Waals surface area contributed by atoms with Crippen LogP contribution in [0.5, 0.6) is 5.75 Å². The van der Waals surface area contributed by atoms with Crippen molar-refractivity contribution in [3.05, 3.63) is 68.7 Å². The number of carbonyl (C=O) groups is 3. The van der Waals surface area contributed by atoms with Crippen molar-refractivity contribution in [2.45, 2.75) is 5.92 Å². The second-order valence-corrected chi connectivity index (χ2v) is 8.83. The first-order valence-electron chi connectivity index (χ1n) is 9.84. The monoisotopic (exact) mass is 519 g/mol. The van der Waals surface area contributed by atoms with Gasteiger partial charge in [-0.15, -0.1) is 0 Å². The van der Waals surface area contributed by atoms with Crippen molar-refractivity contribution in [3.63, 3.8) is 0 Å². The van der Waals surface area contributed by atoms with Gasteiger partial charge in [0, 0.05) is 17.2 Å². The lowest BCUT2D eigenvalue weighted by molar-refractivity contribution is -0.150. The number of ether oxygens (including phenoxy) is 2. The maximum absolute atomic E-state index is 12.9. The van der Waals surface area contributed by atoms with Gasteiger partial charge in [-0.25, -0.2) is 0 Å². The van der Waals surface area contributed by atoms with Crippen LogP contribution in [0.4, 0.5) is 5.69 Å². The molecule has 0 saturated heterocycles. The number of nitrogens with one attached hydrogen (secondary N) is 2. The van der Waals surface area contributed by atoms with Crippen LogP contribution in [0.25, 0.3) is 0 Å². The number of esters is 1. The predicted octanol–water partition coefficient (Wildman–Crippen LogP) is 4.11. The number of rotatable bonds is 7. The highest BCUT2D eigenvalue weighted by Crippen LogP contribution is 2.43. The zero-order valence-electron chi connectivity index (χ0n) is 18.1. The average Bonchev–Trinajstić information content (AvgIpc) is 2.84. The van der Waals surface area contributed by atoms with Gasteiger partial charge in [-0.3, -0.25) is 14.4 Å². The summed E-state index contributed by atoms with van der Waals surface area (Å²) in [5, 5.41) is 16.0. The van der Waals surface area contributed by atoms with E-state index in [1.807, 2.05) is 0 Å². The molecule has 1 aliphatic heterocycles. The Hall–Kier alpha value is -3.19. The molecule has 2 aromatic rings. The van der Waals surface area contributed by atoms with Gasteiger partial charge in [-0.05, 0) is 24.3 Å². The van der Waals surface area contributed by atoms with E-state index in [0.717, 1.165) is 11.8 Å². The van der Waals surface area contributed by atoms with Gasteiger partial charge in [0.1, 0.15) is 11.7 Å². The van der Waals surface area contributed by atoms with Crippen LogP contribution >= 0.6 is 35.0 Å². The molecule has 2 atom stereocenters. The van der Waals surface area contributed by atoms with Crippen LogP contribution in [0.15, 0.2) is 53.1 Å². The molecule has 11 heteroatoms. The fourth-order valence-corrected chi connectivity index (χ4v) is 4.63. The number of para-hydroxylation sites is 1. The lowest BCUT2D eigenvalue weighted by Gasteiger charge is -2.31. The molecule has 1 aliphatic rings. The van der Waals surface area contributed by atoms with Gasteiger partial charge in [-0.1, -0.05) is 53.2 Å². The molecule has 2 aromatic carbocycles. The van der Waals surface area contributed by atoms with Gasteiger partial charge < -0.3 is 20.1 Å². The van der Waals surface area contributed by atoms with Crippen LogP contribution in [0.1, 0.15) is 11.5 Å². The molecule has 3 rings (SSSR count). The minimum absolute atomic E-state index is 0.117. The summed E-state index contributed by atoms with van der Waals surface area (Å²) in [6, 6.07) is 13.5. The molecule has 0 fully saturated rings. The van der Waals surface area contributed by atoms with Gasteiger partial charge in [0.05, 0.1) is 46.7 Å². The number of thioether (sulfide) groups is 1. The number of benzene rings is 2. The van der Waals surface area contributed by atoms with E-state index in [4.69, 9.17) is 32.7 Å². The van der Waals surface area contributed by atoms with E-state index in [-0.39, 0.29) is 21.4 Å². The Morgan fingerprint density at radius 1 is 1.18 bits per heavy atom. The van der Waals surface area contributed by atoms with E-state index < -0.39 is 29.6 Å². The Labute approximate surface area is 210 Å². The number of hydrogen-bond acceptors (Lipinski definition) is 7. The molecule has 2 N–H and O–H groups in total. The second-order valence-electron chi connectivity index (χ2n) is 7.03. The highest BCUT2D eigenvalue weighted by atomic mass is 35.5. The molecule has 0 aliphatic carbocycles. The van der Waals surface area contributed by atoms with Crippen LogP contribution in [0.3, 0.4) is 0 Å². The van der Waals surface area contributed by atoms with Crippen molar-refractivity contribution < 1.29 is 23.9 Å². The first-order chi connectivity index (χ1) is 16.3. The fraction of sp³-hybridized carbons (Fsp3) is 0.217. The molecule has 0 radical (unpaired) electrons. The summed E-state index contributed by atoms with van der Waals surface area (Å²) in [5.74, 6) is -3.80. The van der Waals surface area contributed by atoms with Crippen molar-refractivity contribution in [2.24, 2.45) is 5.92 Å². The molecule has 0 spiro atoms. The zero-order chi connectivity index (χ0) is 24.8. The topological polar surface area (TPSA) is 118 Å². The fourth-order valence-electron chi connectivity index (χ4n) is 3.49. The summed E-state index contributed by atoms with van der Waals surface area (Å²) in [6.45, 7) is 0. The molecule has 176 valence electrons. The van der Waals surface area contributed by atoms with Gasteiger partial charge in [0.2, 0.25) is 11.8 Å². The third kappa shape index (κ3) is 5.47. The number of hydrogen-bond donors (Lipinski definition) is 2. The van der Waals surface area contributed by atoms with Crippen molar-refractivity contribution in [1.82, 2.24) is 5.32 Å². The maximum atomic E-state index is 12.9. The molecular formula is C23H19Cl2N3O5S. The number of anilines is 1. The Balaban J connectivity index is 1.92. The maximum Gasteiger partial charge on any atom is 0.319 e. The Bertz CT molecular complexity index is 1210.